The van der Waals surface area contributed by atoms with Crippen LogP contribution in [-0.4, -0.2) is 4.43 Å². The molecule has 0 aliphatic heterocycles. The van der Waals surface area contributed by atoms with Gasteiger partial charge < -0.3 is 0 Å². The van der Waals surface area contributed by atoms with Crippen molar-refractivity contribution in [1.29, 1.82) is 0 Å². The summed E-state index contributed by atoms with van der Waals surface area (Å²) in [7, 11) is 0. The molecule has 0 aliphatic rings. The Labute approximate surface area is 78.2 Å². The minimum Gasteiger partial charge on any atom is -0.0863 e. The number of allylic oxidation sites excluding steroid dienone is 2. The number of halogens is 1. The highest BCUT2D eigenvalue weighted by molar-refractivity contribution is 14.1. The molecule has 0 atom stereocenters. The molecule has 0 saturated heterocycles. The smallest absolute Gasteiger partial charge is 0.000333 e. The maximum atomic E-state index is 2.43. The fourth-order valence-electron chi connectivity index (χ4n) is 1.10. The van der Waals surface area contributed by atoms with E-state index < -0.39 is 0 Å². The van der Waals surface area contributed by atoms with Crippen LogP contribution in [0.4, 0.5) is 0 Å². The van der Waals surface area contributed by atoms with E-state index in [1.807, 2.05) is 0 Å². The Bertz CT molecular complexity index is 119. The Morgan fingerprint density at radius 2 is 1.90 bits per heavy atom. The third-order valence-corrected chi connectivity index (χ3v) is 1.96. The molecule has 10 heavy (non-hydrogen) atoms. The van der Waals surface area contributed by atoms with Crippen molar-refractivity contribution >= 4 is 22.6 Å². The Balaban J connectivity index is 3.98. The summed E-state index contributed by atoms with van der Waals surface area (Å²) in [5, 5.41) is 0. The molecule has 60 valence electrons. The second-order valence-electron chi connectivity index (χ2n) is 3.65. The van der Waals surface area contributed by atoms with Crippen molar-refractivity contribution in [2.24, 2.45) is 5.41 Å². The number of hydrogen-bond acceptors (Lipinski definition) is 0. The van der Waals surface area contributed by atoms with Crippen molar-refractivity contribution in [3.8, 4) is 0 Å². The van der Waals surface area contributed by atoms with Crippen LogP contribution in [0, 0.1) is 5.41 Å². The van der Waals surface area contributed by atoms with Crippen LogP contribution >= 0.6 is 22.6 Å². The molecule has 0 N–H and O–H groups in total. The molecule has 0 radical (unpaired) electrons. The van der Waals surface area contributed by atoms with Gasteiger partial charge in [0.15, 0.2) is 0 Å². The molecule has 0 amide bonds. The molecule has 1 heteroatoms. The molecule has 0 nitrogen and oxygen atoms in total. The van der Waals surface area contributed by atoms with Gasteiger partial charge in [0.05, 0.1) is 0 Å². The topological polar surface area (TPSA) is 0 Å². The summed E-state index contributed by atoms with van der Waals surface area (Å²) in [5.74, 6) is 0. The summed E-state index contributed by atoms with van der Waals surface area (Å²) in [4.78, 5) is 0. The second kappa shape index (κ2) is 4.37. The molecule has 0 spiro atoms. The summed E-state index contributed by atoms with van der Waals surface area (Å²) >= 11 is 2.43. The van der Waals surface area contributed by atoms with Crippen LogP contribution in [0.2, 0.25) is 0 Å². The maximum absolute atomic E-state index is 2.43. The van der Waals surface area contributed by atoms with Crippen molar-refractivity contribution in [3.63, 3.8) is 0 Å². The van der Waals surface area contributed by atoms with E-state index in [1.165, 1.54) is 16.4 Å². The van der Waals surface area contributed by atoms with Crippen LogP contribution in [-0.2, 0) is 0 Å². The lowest BCUT2D eigenvalue weighted by Crippen LogP contribution is -2.08. The fourth-order valence-corrected chi connectivity index (χ4v) is 2.49. The first-order valence-electron chi connectivity index (χ1n) is 3.70. The Morgan fingerprint density at radius 3 is 2.20 bits per heavy atom. The molecule has 0 bridgehead atoms. The Hall–Kier alpha value is 0.470. The van der Waals surface area contributed by atoms with Crippen molar-refractivity contribution in [2.75, 3.05) is 4.43 Å². The van der Waals surface area contributed by atoms with Crippen LogP contribution in [0.3, 0.4) is 0 Å². The number of hydrogen-bond donors (Lipinski definition) is 0. The fraction of sp³-hybridized carbons (Fsp3) is 0.778. The highest BCUT2D eigenvalue weighted by Crippen LogP contribution is 2.24. The zero-order valence-electron chi connectivity index (χ0n) is 7.37. The van der Waals surface area contributed by atoms with Gasteiger partial charge in [0, 0.05) is 4.43 Å². The van der Waals surface area contributed by atoms with Gasteiger partial charge in [0.2, 0.25) is 0 Å². The maximum Gasteiger partial charge on any atom is 0.000333 e. The lowest BCUT2D eigenvalue weighted by atomic mass is 9.88. The third-order valence-electron chi connectivity index (χ3n) is 1.42. The quantitative estimate of drug-likeness (QED) is 0.407. The van der Waals surface area contributed by atoms with Crippen LogP contribution in [0.5, 0.6) is 0 Å². The van der Waals surface area contributed by atoms with Gasteiger partial charge in [-0.2, -0.15) is 0 Å². The predicted molar refractivity (Wildman–Crippen MR) is 56.7 cm³/mol. The van der Waals surface area contributed by atoms with E-state index >= 15 is 0 Å². The van der Waals surface area contributed by atoms with E-state index in [0.717, 1.165) is 0 Å². The van der Waals surface area contributed by atoms with E-state index in [2.05, 4.69) is 56.4 Å². The van der Waals surface area contributed by atoms with Gasteiger partial charge in [-0.25, -0.2) is 0 Å². The molecule has 0 saturated carbocycles. The molecule has 0 rings (SSSR count). The minimum atomic E-state index is 0.403. The molecule has 0 aromatic carbocycles. The minimum absolute atomic E-state index is 0.403. The number of alkyl halides is 1. The van der Waals surface area contributed by atoms with Crippen LogP contribution in [0.1, 0.15) is 34.1 Å². The van der Waals surface area contributed by atoms with E-state index in [-0.39, 0.29) is 0 Å². The van der Waals surface area contributed by atoms with E-state index in [0.29, 0.717) is 5.41 Å². The monoisotopic (exact) mass is 252 g/mol. The summed E-state index contributed by atoms with van der Waals surface area (Å²) in [6.45, 7) is 8.90. The molecule has 0 fully saturated rings. The van der Waals surface area contributed by atoms with Crippen LogP contribution < -0.4 is 0 Å². The lowest BCUT2D eigenvalue weighted by Gasteiger charge is -2.19. The van der Waals surface area contributed by atoms with E-state index in [4.69, 9.17) is 0 Å². The first-order chi connectivity index (χ1) is 4.48. The van der Waals surface area contributed by atoms with E-state index in [9.17, 15) is 0 Å². The second-order valence-corrected chi connectivity index (χ2v) is 4.73. The van der Waals surface area contributed by atoms with Gasteiger partial charge >= 0.3 is 0 Å². The summed E-state index contributed by atoms with van der Waals surface area (Å²) < 4.78 is 1.24. The largest absolute Gasteiger partial charge is 0.0863 e. The normalized spacial score (nSPS) is 11.3. The molecular formula is C9H17I. The van der Waals surface area contributed by atoms with Gasteiger partial charge in [-0.1, -0.05) is 48.1 Å². The molecule has 0 aromatic heterocycles. The highest BCUT2D eigenvalue weighted by Gasteiger charge is 2.12. The van der Waals surface area contributed by atoms with Gasteiger partial charge in [0.25, 0.3) is 0 Å². The zero-order chi connectivity index (χ0) is 8.20. The average Bonchev–Trinajstić information content (AvgIpc) is 1.59. The van der Waals surface area contributed by atoms with Gasteiger partial charge in [0.1, 0.15) is 0 Å². The standard InChI is InChI=1S/C9H17I/c1-8(2)7-9(3,4)5-6-10/h7H,5-6H2,1-4H3. The van der Waals surface area contributed by atoms with E-state index in [1.54, 1.807) is 0 Å². The first kappa shape index (κ1) is 10.5. The van der Waals surface area contributed by atoms with Gasteiger partial charge in [-0.3, -0.25) is 0 Å². The van der Waals surface area contributed by atoms with Crippen molar-refractivity contribution in [1.82, 2.24) is 0 Å². The van der Waals surface area contributed by atoms with Crippen LogP contribution in [0.15, 0.2) is 11.6 Å². The third kappa shape index (κ3) is 5.27. The van der Waals surface area contributed by atoms with Gasteiger partial charge in [-0.15, -0.1) is 0 Å². The Morgan fingerprint density at radius 1 is 1.40 bits per heavy atom. The molecular weight excluding hydrogens is 235 g/mol. The van der Waals surface area contributed by atoms with Crippen molar-refractivity contribution in [3.05, 3.63) is 11.6 Å². The molecule has 0 aliphatic carbocycles. The lowest BCUT2D eigenvalue weighted by molar-refractivity contribution is 0.466. The van der Waals surface area contributed by atoms with Gasteiger partial charge in [-0.05, 0) is 25.7 Å². The Kier molecular flexibility index (Phi) is 4.57. The van der Waals surface area contributed by atoms with Crippen LogP contribution in [0.25, 0.3) is 0 Å². The number of rotatable bonds is 3. The summed E-state index contributed by atoms with van der Waals surface area (Å²) in [6.07, 6.45) is 3.63. The molecule has 0 unspecified atom stereocenters. The zero-order valence-corrected chi connectivity index (χ0v) is 9.53. The molecule has 0 aromatic rings. The van der Waals surface area contributed by atoms with Crippen molar-refractivity contribution < 1.29 is 0 Å². The first-order valence-corrected chi connectivity index (χ1v) is 5.22. The summed E-state index contributed by atoms with van der Waals surface area (Å²) in [5.41, 5.74) is 1.83. The molecule has 0 heterocycles. The average molecular weight is 252 g/mol. The highest BCUT2D eigenvalue weighted by atomic mass is 127. The SMILES string of the molecule is CC(C)=CC(C)(C)CCI. The summed E-state index contributed by atoms with van der Waals surface area (Å²) in [6, 6.07) is 0. The predicted octanol–water partition coefficient (Wildman–Crippen LogP) is 3.80. The van der Waals surface area contributed by atoms with Crippen molar-refractivity contribution in [2.45, 2.75) is 34.1 Å².